The number of rotatable bonds is 5. The molecule has 0 spiro atoms. The molecule has 132 valence electrons. The molecule has 0 aliphatic carbocycles. The first-order valence-electron chi connectivity index (χ1n) is 8.41. The fourth-order valence-corrected chi connectivity index (χ4v) is 3.51. The summed E-state index contributed by atoms with van der Waals surface area (Å²) in [5, 5.41) is 3.39. The summed E-state index contributed by atoms with van der Waals surface area (Å²) in [4.78, 5) is 18.6. The number of benzene rings is 1. The van der Waals surface area contributed by atoms with Gasteiger partial charge in [-0.1, -0.05) is 11.6 Å². The fraction of sp³-hybridized carbons (Fsp3) is 0.368. The van der Waals surface area contributed by atoms with E-state index in [1.54, 1.807) is 25.3 Å². The number of halogens is 1. The largest absolute Gasteiger partial charge is 0.495 e. The molecule has 0 bridgehead atoms. The van der Waals surface area contributed by atoms with E-state index in [9.17, 15) is 4.79 Å². The lowest BCUT2D eigenvalue weighted by Gasteiger charge is -2.32. The second kappa shape index (κ2) is 8.32. The van der Waals surface area contributed by atoms with Crippen LogP contribution >= 0.6 is 11.6 Å². The van der Waals surface area contributed by atoms with E-state index in [1.807, 2.05) is 12.4 Å². The van der Waals surface area contributed by atoms with Crippen molar-refractivity contribution in [3.63, 3.8) is 0 Å². The predicted octanol–water partition coefficient (Wildman–Crippen LogP) is 3.56. The van der Waals surface area contributed by atoms with Gasteiger partial charge in [-0.2, -0.15) is 0 Å². The minimum absolute atomic E-state index is 0.0309. The summed E-state index contributed by atoms with van der Waals surface area (Å²) in [5.74, 6) is 1.02. The van der Waals surface area contributed by atoms with E-state index in [2.05, 4.69) is 27.3 Å². The molecule has 1 N–H and O–H groups in total. The standard InChI is InChI=1S/C19H22ClN3O2/c1-25-18-5-4-16(11-17(18)20)22-19(24)13-23-10-2-3-15(12-23)14-6-8-21-9-7-14/h4-9,11,15H,2-3,10,12-13H2,1H3,(H,22,24)/t15-/m1/s1. The number of pyridine rings is 1. The van der Waals surface area contributed by atoms with Crippen molar-refractivity contribution in [2.24, 2.45) is 0 Å². The van der Waals surface area contributed by atoms with Crippen molar-refractivity contribution >= 4 is 23.2 Å². The zero-order valence-electron chi connectivity index (χ0n) is 14.2. The van der Waals surface area contributed by atoms with Crippen LogP contribution in [0.1, 0.15) is 24.3 Å². The molecule has 0 saturated carbocycles. The number of likely N-dealkylation sites (tertiary alicyclic amines) is 1. The molecule has 1 aliphatic heterocycles. The van der Waals surface area contributed by atoms with Crippen molar-refractivity contribution in [2.45, 2.75) is 18.8 Å². The third kappa shape index (κ3) is 4.71. The van der Waals surface area contributed by atoms with Gasteiger partial charge >= 0.3 is 0 Å². The van der Waals surface area contributed by atoms with E-state index in [4.69, 9.17) is 16.3 Å². The van der Waals surface area contributed by atoms with Gasteiger partial charge in [-0.15, -0.1) is 0 Å². The topological polar surface area (TPSA) is 54.5 Å². The normalized spacial score (nSPS) is 17.9. The van der Waals surface area contributed by atoms with E-state index in [-0.39, 0.29) is 5.91 Å². The summed E-state index contributed by atoms with van der Waals surface area (Å²) in [7, 11) is 1.56. The Morgan fingerprint density at radius 2 is 2.16 bits per heavy atom. The maximum absolute atomic E-state index is 12.4. The molecular weight excluding hydrogens is 338 g/mol. The number of nitrogens with one attached hydrogen (secondary N) is 1. The van der Waals surface area contributed by atoms with Crippen molar-refractivity contribution in [2.75, 3.05) is 32.1 Å². The molecule has 5 nitrogen and oxygen atoms in total. The van der Waals surface area contributed by atoms with Crippen LogP contribution in [0.3, 0.4) is 0 Å². The van der Waals surface area contributed by atoms with E-state index < -0.39 is 0 Å². The van der Waals surface area contributed by atoms with Crippen molar-refractivity contribution in [3.05, 3.63) is 53.3 Å². The number of nitrogens with zero attached hydrogens (tertiary/aromatic N) is 2. The molecule has 1 aromatic heterocycles. The van der Waals surface area contributed by atoms with Gasteiger partial charge in [-0.3, -0.25) is 14.7 Å². The van der Waals surface area contributed by atoms with Crippen LogP contribution in [0.5, 0.6) is 5.75 Å². The number of hydrogen-bond donors (Lipinski definition) is 1. The monoisotopic (exact) mass is 359 g/mol. The number of carbonyl (C=O) groups excluding carboxylic acids is 1. The number of aromatic nitrogens is 1. The summed E-state index contributed by atoms with van der Waals surface area (Å²) in [6, 6.07) is 9.37. The molecule has 0 unspecified atom stereocenters. The maximum Gasteiger partial charge on any atom is 0.238 e. The van der Waals surface area contributed by atoms with Gasteiger partial charge in [0.25, 0.3) is 0 Å². The number of piperidine rings is 1. The molecule has 6 heteroatoms. The Balaban J connectivity index is 1.56. The van der Waals surface area contributed by atoms with Gasteiger partial charge in [0.1, 0.15) is 5.75 Å². The number of carbonyl (C=O) groups is 1. The van der Waals surface area contributed by atoms with Crippen LogP contribution in [0.4, 0.5) is 5.69 Å². The van der Waals surface area contributed by atoms with Crippen molar-refractivity contribution < 1.29 is 9.53 Å². The molecule has 1 fully saturated rings. The Labute approximate surface area is 153 Å². The first-order chi connectivity index (χ1) is 12.2. The quantitative estimate of drug-likeness (QED) is 0.886. The van der Waals surface area contributed by atoms with Crippen LogP contribution in [0.15, 0.2) is 42.7 Å². The molecule has 0 radical (unpaired) electrons. The molecule has 1 atom stereocenters. The number of methoxy groups -OCH3 is 1. The highest BCUT2D eigenvalue weighted by atomic mass is 35.5. The predicted molar refractivity (Wildman–Crippen MR) is 99.3 cm³/mol. The van der Waals surface area contributed by atoms with Crippen molar-refractivity contribution in [3.8, 4) is 5.75 Å². The van der Waals surface area contributed by atoms with Gasteiger partial charge in [0, 0.05) is 24.6 Å². The Kier molecular flexibility index (Phi) is 5.89. The van der Waals surface area contributed by atoms with E-state index in [1.165, 1.54) is 5.56 Å². The average Bonchev–Trinajstić information content (AvgIpc) is 2.63. The SMILES string of the molecule is COc1ccc(NC(=O)CN2CCC[C@@H](c3ccncc3)C2)cc1Cl. The van der Waals surface area contributed by atoms with Crippen LogP contribution in [-0.2, 0) is 4.79 Å². The molecule has 3 rings (SSSR count). The van der Waals surface area contributed by atoms with Gasteiger partial charge in [-0.05, 0) is 61.2 Å². The number of amides is 1. The van der Waals surface area contributed by atoms with Crippen LogP contribution < -0.4 is 10.1 Å². The highest BCUT2D eigenvalue weighted by molar-refractivity contribution is 6.32. The van der Waals surface area contributed by atoms with Crippen LogP contribution in [0.25, 0.3) is 0 Å². The molecule has 2 aromatic rings. The third-order valence-corrected chi connectivity index (χ3v) is 4.78. The second-order valence-corrected chi connectivity index (χ2v) is 6.66. The molecule has 1 saturated heterocycles. The zero-order valence-corrected chi connectivity index (χ0v) is 15.0. The van der Waals surface area contributed by atoms with Gasteiger partial charge < -0.3 is 10.1 Å². The lowest BCUT2D eigenvalue weighted by Crippen LogP contribution is -2.39. The van der Waals surface area contributed by atoms with Gasteiger partial charge in [-0.25, -0.2) is 0 Å². The average molecular weight is 360 g/mol. The zero-order chi connectivity index (χ0) is 17.6. The van der Waals surface area contributed by atoms with E-state index >= 15 is 0 Å². The van der Waals surface area contributed by atoms with Crippen molar-refractivity contribution in [1.82, 2.24) is 9.88 Å². The number of anilines is 1. The highest BCUT2D eigenvalue weighted by Gasteiger charge is 2.22. The molecular formula is C19H22ClN3O2. The maximum atomic E-state index is 12.4. The fourth-order valence-electron chi connectivity index (χ4n) is 3.25. The lowest BCUT2D eigenvalue weighted by molar-refractivity contribution is -0.117. The van der Waals surface area contributed by atoms with Crippen molar-refractivity contribution in [1.29, 1.82) is 0 Å². The number of hydrogen-bond acceptors (Lipinski definition) is 4. The first-order valence-corrected chi connectivity index (χ1v) is 8.79. The Morgan fingerprint density at radius 3 is 2.88 bits per heavy atom. The highest BCUT2D eigenvalue weighted by Crippen LogP contribution is 2.28. The molecule has 1 aliphatic rings. The summed E-state index contributed by atoms with van der Waals surface area (Å²) in [6.45, 7) is 2.21. The first kappa shape index (κ1) is 17.7. The summed E-state index contributed by atoms with van der Waals surface area (Å²) < 4.78 is 5.12. The second-order valence-electron chi connectivity index (χ2n) is 6.25. The van der Waals surface area contributed by atoms with Crippen LogP contribution in [0.2, 0.25) is 5.02 Å². The van der Waals surface area contributed by atoms with Gasteiger partial charge in [0.05, 0.1) is 18.7 Å². The molecule has 2 heterocycles. The van der Waals surface area contributed by atoms with Crippen LogP contribution in [-0.4, -0.2) is 42.5 Å². The lowest BCUT2D eigenvalue weighted by atomic mass is 9.91. The minimum atomic E-state index is -0.0309. The Bertz CT molecular complexity index is 724. The number of ether oxygens (including phenoxy) is 1. The smallest absolute Gasteiger partial charge is 0.238 e. The van der Waals surface area contributed by atoms with Gasteiger partial charge in [0.15, 0.2) is 0 Å². The molecule has 1 aromatic carbocycles. The van der Waals surface area contributed by atoms with Gasteiger partial charge in [0.2, 0.25) is 5.91 Å². The van der Waals surface area contributed by atoms with Crippen LogP contribution in [0, 0.1) is 0 Å². The molecule has 1 amide bonds. The third-order valence-electron chi connectivity index (χ3n) is 4.49. The summed E-state index contributed by atoms with van der Waals surface area (Å²) in [5.41, 5.74) is 1.97. The Morgan fingerprint density at radius 1 is 1.36 bits per heavy atom. The van der Waals surface area contributed by atoms with E-state index in [0.29, 0.717) is 28.9 Å². The molecule has 25 heavy (non-hydrogen) atoms. The Hall–Kier alpha value is -2.11. The van der Waals surface area contributed by atoms with E-state index in [0.717, 1.165) is 25.9 Å². The summed E-state index contributed by atoms with van der Waals surface area (Å²) >= 11 is 6.10. The minimum Gasteiger partial charge on any atom is -0.495 e. The summed E-state index contributed by atoms with van der Waals surface area (Å²) in [6.07, 6.45) is 5.90.